The highest BCUT2D eigenvalue weighted by molar-refractivity contribution is 5.69. The third-order valence-corrected chi connectivity index (χ3v) is 3.70. The van der Waals surface area contributed by atoms with Crippen molar-refractivity contribution in [2.45, 2.75) is 13.0 Å². The first-order valence-electron chi connectivity index (χ1n) is 6.47. The van der Waals surface area contributed by atoms with Crippen LogP contribution in [0.2, 0.25) is 0 Å². The molecule has 3 heterocycles. The molecule has 0 unspecified atom stereocenters. The molecular formula is C15H14N4. The number of aromatic nitrogens is 4. The van der Waals surface area contributed by atoms with Crippen LogP contribution < -0.4 is 0 Å². The van der Waals surface area contributed by atoms with E-state index < -0.39 is 0 Å². The molecule has 94 valence electrons. The van der Waals surface area contributed by atoms with Crippen molar-refractivity contribution in [3.05, 3.63) is 48.2 Å². The predicted molar refractivity (Wildman–Crippen MR) is 73.6 cm³/mol. The SMILES string of the molecule is Cn1ncc2c1-c1cc(-c3ccccc3)nn1CC2. The minimum atomic E-state index is 0.931. The molecule has 0 bridgehead atoms. The molecule has 0 aliphatic carbocycles. The molecule has 0 atom stereocenters. The zero-order chi connectivity index (χ0) is 12.8. The second-order valence-corrected chi connectivity index (χ2v) is 4.90. The monoisotopic (exact) mass is 250 g/mol. The van der Waals surface area contributed by atoms with Crippen LogP contribution in [0.15, 0.2) is 42.6 Å². The van der Waals surface area contributed by atoms with Crippen molar-refractivity contribution in [2.75, 3.05) is 0 Å². The maximum atomic E-state index is 4.72. The molecule has 19 heavy (non-hydrogen) atoms. The lowest BCUT2D eigenvalue weighted by Gasteiger charge is -2.14. The van der Waals surface area contributed by atoms with E-state index in [9.17, 15) is 0 Å². The van der Waals surface area contributed by atoms with Gasteiger partial charge in [0, 0.05) is 24.7 Å². The summed E-state index contributed by atoms with van der Waals surface area (Å²) in [5.41, 5.74) is 5.87. The van der Waals surface area contributed by atoms with Gasteiger partial charge in [0.25, 0.3) is 0 Å². The van der Waals surface area contributed by atoms with Gasteiger partial charge in [-0.1, -0.05) is 30.3 Å². The van der Waals surface area contributed by atoms with E-state index in [0.29, 0.717) is 0 Å². The van der Waals surface area contributed by atoms with Gasteiger partial charge in [-0.05, 0) is 12.5 Å². The van der Waals surface area contributed by atoms with Crippen LogP contribution in [0.5, 0.6) is 0 Å². The van der Waals surface area contributed by atoms with E-state index >= 15 is 0 Å². The zero-order valence-corrected chi connectivity index (χ0v) is 10.7. The van der Waals surface area contributed by atoms with Crippen LogP contribution in [0.4, 0.5) is 0 Å². The van der Waals surface area contributed by atoms with Crippen LogP contribution in [-0.4, -0.2) is 19.6 Å². The summed E-state index contributed by atoms with van der Waals surface area (Å²) in [5, 5.41) is 9.07. The highest BCUT2D eigenvalue weighted by Crippen LogP contribution is 2.31. The molecule has 0 saturated carbocycles. The number of fused-ring (bicyclic) bond motifs is 3. The molecule has 0 spiro atoms. The van der Waals surface area contributed by atoms with Gasteiger partial charge >= 0.3 is 0 Å². The molecule has 4 nitrogen and oxygen atoms in total. The smallest absolute Gasteiger partial charge is 0.0930 e. The maximum absolute atomic E-state index is 4.72. The first-order valence-corrected chi connectivity index (χ1v) is 6.47. The Hall–Kier alpha value is -2.36. The van der Waals surface area contributed by atoms with E-state index in [1.807, 2.05) is 36.1 Å². The van der Waals surface area contributed by atoms with E-state index in [0.717, 1.165) is 24.2 Å². The highest BCUT2D eigenvalue weighted by Gasteiger charge is 2.22. The fourth-order valence-corrected chi connectivity index (χ4v) is 2.75. The lowest BCUT2D eigenvalue weighted by atomic mass is 10.1. The Morgan fingerprint density at radius 2 is 2.00 bits per heavy atom. The van der Waals surface area contributed by atoms with E-state index in [4.69, 9.17) is 5.10 Å². The Kier molecular flexibility index (Phi) is 2.12. The molecule has 3 aromatic rings. The summed E-state index contributed by atoms with van der Waals surface area (Å²) in [6.45, 7) is 0.931. The Bertz CT molecular complexity index is 737. The van der Waals surface area contributed by atoms with Crippen molar-refractivity contribution in [1.29, 1.82) is 0 Å². The summed E-state index contributed by atoms with van der Waals surface area (Å²) >= 11 is 0. The largest absolute Gasteiger partial charge is 0.266 e. The molecule has 4 heteroatoms. The first kappa shape index (κ1) is 10.6. The third-order valence-electron chi connectivity index (χ3n) is 3.70. The summed E-state index contributed by atoms with van der Waals surface area (Å²) in [7, 11) is 1.99. The average Bonchev–Trinajstić information content (AvgIpc) is 3.03. The van der Waals surface area contributed by atoms with Crippen molar-refractivity contribution in [1.82, 2.24) is 19.6 Å². The molecule has 0 fully saturated rings. The minimum absolute atomic E-state index is 0.931. The third kappa shape index (κ3) is 1.53. The van der Waals surface area contributed by atoms with Crippen molar-refractivity contribution in [3.63, 3.8) is 0 Å². The van der Waals surface area contributed by atoms with Gasteiger partial charge in [0.15, 0.2) is 0 Å². The van der Waals surface area contributed by atoms with Gasteiger partial charge in [-0.2, -0.15) is 10.2 Å². The van der Waals surface area contributed by atoms with E-state index in [1.54, 1.807) is 0 Å². The van der Waals surface area contributed by atoms with Crippen LogP contribution in [0.25, 0.3) is 22.6 Å². The molecule has 1 aliphatic rings. The molecule has 0 saturated heterocycles. The standard InChI is InChI=1S/C15H14N4/c1-18-15-12(10-16-18)7-8-19-14(15)9-13(17-19)11-5-3-2-4-6-11/h2-6,9-10H,7-8H2,1H3. The van der Waals surface area contributed by atoms with Crippen molar-refractivity contribution < 1.29 is 0 Å². The molecule has 1 aliphatic heterocycles. The van der Waals surface area contributed by atoms with Gasteiger partial charge in [0.1, 0.15) is 0 Å². The highest BCUT2D eigenvalue weighted by atomic mass is 15.3. The second kappa shape index (κ2) is 3.82. The van der Waals surface area contributed by atoms with Crippen LogP contribution in [0.1, 0.15) is 5.56 Å². The van der Waals surface area contributed by atoms with E-state index in [2.05, 4.69) is 28.0 Å². The Morgan fingerprint density at radius 3 is 2.84 bits per heavy atom. The molecule has 0 radical (unpaired) electrons. The number of hydrogen-bond acceptors (Lipinski definition) is 2. The van der Waals surface area contributed by atoms with E-state index in [1.165, 1.54) is 17.0 Å². The summed E-state index contributed by atoms with van der Waals surface area (Å²) in [5.74, 6) is 0. The van der Waals surface area contributed by atoms with Crippen LogP contribution >= 0.6 is 0 Å². The maximum Gasteiger partial charge on any atom is 0.0930 e. The van der Waals surface area contributed by atoms with Crippen molar-refractivity contribution >= 4 is 0 Å². The Labute approximate surface area is 111 Å². The number of nitrogens with zero attached hydrogens (tertiary/aromatic N) is 4. The van der Waals surface area contributed by atoms with Gasteiger partial charge < -0.3 is 0 Å². The number of aryl methyl sites for hydroxylation is 3. The Balaban J connectivity index is 1.90. The fourth-order valence-electron chi connectivity index (χ4n) is 2.75. The summed E-state index contributed by atoms with van der Waals surface area (Å²) in [4.78, 5) is 0. The Morgan fingerprint density at radius 1 is 1.16 bits per heavy atom. The van der Waals surface area contributed by atoms with Crippen LogP contribution in [-0.2, 0) is 20.0 Å². The lowest BCUT2D eigenvalue weighted by Crippen LogP contribution is -2.12. The first-order chi connectivity index (χ1) is 9.33. The molecule has 0 N–H and O–H groups in total. The zero-order valence-electron chi connectivity index (χ0n) is 10.7. The van der Waals surface area contributed by atoms with Crippen LogP contribution in [0.3, 0.4) is 0 Å². The van der Waals surface area contributed by atoms with Crippen molar-refractivity contribution in [2.24, 2.45) is 7.05 Å². The van der Waals surface area contributed by atoms with E-state index in [-0.39, 0.29) is 0 Å². The van der Waals surface area contributed by atoms with Crippen molar-refractivity contribution in [3.8, 4) is 22.6 Å². The van der Waals surface area contributed by atoms with Gasteiger partial charge in [-0.25, -0.2) is 0 Å². The van der Waals surface area contributed by atoms with Gasteiger partial charge in [-0.3, -0.25) is 9.36 Å². The molecule has 0 amide bonds. The molecular weight excluding hydrogens is 236 g/mol. The summed E-state index contributed by atoms with van der Waals surface area (Å²) in [6, 6.07) is 12.5. The number of benzene rings is 1. The second-order valence-electron chi connectivity index (χ2n) is 4.90. The van der Waals surface area contributed by atoms with Gasteiger partial charge in [0.2, 0.25) is 0 Å². The summed E-state index contributed by atoms with van der Waals surface area (Å²) < 4.78 is 4.03. The minimum Gasteiger partial charge on any atom is -0.266 e. The predicted octanol–water partition coefficient (Wildman–Crippen LogP) is 2.51. The average molecular weight is 250 g/mol. The quantitative estimate of drug-likeness (QED) is 0.665. The fraction of sp³-hybridized carbons (Fsp3) is 0.200. The summed E-state index contributed by atoms with van der Waals surface area (Å²) in [6.07, 6.45) is 2.97. The molecule has 4 rings (SSSR count). The lowest BCUT2D eigenvalue weighted by molar-refractivity contribution is 0.602. The number of hydrogen-bond donors (Lipinski definition) is 0. The van der Waals surface area contributed by atoms with Crippen LogP contribution in [0, 0.1) is 0 Å². The molecule has 1 aromatic carbocycles. The van der Waals surface area contributed by atoms with Gasteiger partial charge in [-0.15, -0.1) is 0 Å². The molecule has 2 aromatic heterocycles. The number of rotatable bonds is 1. The van der Waals surface area contributed by atoms with Gasteiger partial charge in [0.05, 0.1) is 23.3 Å². The topological polar surface area (TPSA) is 35.6 Å². The normalized spacial score (nSPS) is 13.1.